The molecule has 0 saturated carbocycles. The Morgan fingerprint density at radius 3 is 3.17 bits per heavy atom. The standard InChI is InChI=1S/C10H14N2/c1-3-11-6-4-10-5-7-12-8-9(10)2/h3-7,11-12H,1,8H2,2H3/b6-4-. The van der Waals surface area contributed by atoms with Crippen LogP contribution in [0.5, 0.6) is 0 Å². The van der Waals surface area contributed by atoms with E-state index in [-0.39, 0.29) is 0 Å². The summed E-state index contributed by atoms with van der Waals surface area (Å²) in [5.74, 6) is 0. The van der Waals surface area contributed by atoms with Crippen LogP contribution in [0.1, 0.15) is 6.92 Å². The fourth-order valence-electron chi connectivity index (χ4n) is 1.01. The molecule has 0 fully saturated rings. The normalized spacial score (nSPS) is 16.4. The summed E-state index contributed by atoms with van der Waals surface area (Å²) in [4.78, 5) is 0. The van der Waals surface area contributed by atoms with Crippen LogP contribution in [0.15, 0.2) is 48.5 Å². The Morgan fingerprint density at radius 2 is 2.50 bits per heavy atom. The lowest BCUT2D eigenvalue weighted by Crippen LogP contribution is -2.13. The van der Waals surface area contributed by atoms with E-state index in [0.29, 0.717) is 0 Å². The number of allylic oxidation sites excluding steroid dienone is 3. The largest absolute Gasteiger partial charge is 0.387 e. The molecule has 1 heterocycles. The summed E-state index contributed by atoms with van der Waals surface area (Å²) in [6.45, 7) is 6.60. The van der Waals surface area contributed by atoms with Gasteiger partial charge >= 0.3 is 0 Å². The van der Waals surface area contributed by atoms with Gasteiger partial charge in [-0.25, -0.2) is 0 Å². The van der Waals surface area contributed by atoms with E-state index in [1.165, 1.54) is 11.1 Å². The minimum Gasteiger partial charge on any atom is -0.387 e. The highest BCUT2D eigenvalue weighted by atomic mass is 14.8. The van der Waals surface area contributed by atoms with Crippen molar-refractivity contribution in [2.24, 2.45) is 0 Å². The molecule has 64 valence electrons. The molecule has 1 aliphatic rings. The molecule has 0 bridgehead atoms. The van der Waals surface area contributed by atoms with E-state index in [1.807, 2.05) is 18.5 Å². The zero-order valence-electron chi connectivity index (χ0n) is 7.30. The van der Waals surface area contributed by atoms with Gasteiger partial charge in [0.1, 0.15) is 0 Å². The van der Waals surface area contributed by atoms with Gasteiger partial charge in [-0.15, -0.1) is 0 Å². The van der Waals surface area contributed by atoms with E-state index in [9.17, 15) is 0 Å². The Bertz CT molecular complexity index is 247. The van der Waals surface area contributed by atoms with Crippen molar-refractivity contribution in [1.29, 1.82) is 0 Å². The zero-order valence-corrected chi connectivity index (χ0v) is 7.30. The van der Waals surface area contributed by atoms with Gasteiger partial charge in [0, 0.05) is 12.7 Å². The molecular formula is C10H14N2. The highest BCUT2D eigenvalue weighted by Crippen LogP contribution is 2.09. The predicted molar refractivity (Wildman–Crippen MR) is 52.3 cm³/mol. The Balaban J connectivity index is 2.60. The maximum absolute atomic E-state index is 3.55. The van der Waals surface area contributed by atoms with Crippen molar-refractivity contribution in [3.05, 3.63) is 48.5 Å². The van der Waals surface area contributed by atoms with Crippen molar-refractivity contribution in [3.8, 4) is 0 Å². The van der Waals surface area contributed by atoms with Gasteiger partial charge in [-0.05, 0) is 42.6 Å². The van der Waals surface area contributed by atoms with Crippen LogP contribution in [0.2, 0.25) is 0 Å². The number of dihydropyridines is 1. The molecule has 0 aromatic heterocycles. The first kappa shape index (κ1) is 8.65. The number of rotatable bonds is 3. The minimum atomic E-state index is 0.935. The maximum atomic E-state index is 3.55. The van der Waals surface area contributed by atoms with Crippen LogP contribution in [0, 0.1) is 0 Å². The average molecular weight is 162 g/mol. The molecule has 0 spiro atoms. The van der Waals surface area contributed by atoms with Crippen LogP contribution >= 0.6 is 0 Å². The third-order valence-electron chi connectivity index (χ3n) is 1.72. The summed E-state index contributed by atoms with van der Waals surface area (Å²) in [5, 5.41) is 6.05. The molecule has 0 atom stereocenters. The topological polar surface area (TPSA) is 24.1 Å². The monoisotopic (exact) mass is 162 g/mol. The van der Waals surface area contributed by atoms with Gasteiger partial charge in [0.25, 0.3) is 0 Å². The third kappa shape index (κ3) is 2.31. The van der Waals surface area contributed by atoms with Gasteiger partial charge in [-0.1, -0.05) is 6.58 Å². The number of hydrogen-bond donors (Lipinski definition) is 2. The van der Waals surface area contributed by atoms with Gasteiger partial charge in [0.2, 0.25) is 0 Å². The van der Waals surface area contributed by atoms with Crippen LogP contribution in [-0.4, -0.2) is 6.54 Å². The highest BCUT2D eigenvalue weighted by molar-refractivity contribution is 5.37. The van der Waals surface area contributed by atoms with E-state index < -0.39 is 0 Å². The minimum absolute atomic E-state index is 0.935. The summed E-state index contributed by atoms with van der Waals surface area (Å²) in [7, 11) is 0. The quantitative estimate of drug-likeness (QED) is 0.659. The van der Waals surface area contributed by atoms with Crippen molar-refractivity contribution >= 4 is 0 Å². The number of nitrogens with one attached hydrogen (secondary N) is 2. The van der Waals surface area contributed by atoms with Crippen molar-refractivity contribution in [2.75, 3.05) is 6.54 Å². The van der Waals surface area contributed by atoms with E-state index in [0.717, 1.165) is 6.54 Å². The molecule has 0 amide bonds. The van der Waals surface area contributed by atoms with E-state index in [4.69, 9.17) is 0 Å². The lowest BCUT2D eigenvalue weighted by Gasteiger charge is -2.10. The Morgan fingerprint density at radius 1 is 1.67 bits per heavy atom. The maximum Gasteiger partial charge on any atom is 0.0360 e. The zero-order chi connectivity index (χ0) is 8.81. The third-order valence-corrected chi connectivity index (χ3v) is 1.72. The molecule has 0 aromatic carbocycles. The Labute approximate surface area is 73.4 Å². The molecule has 0 aromatic rings. The average Bonchev–Trinajstić information content (AvgIpc) is 2.09. The molecule has 0 saturated heterocycles. The van der Waals surface area contributed by atoms with Crippen molar-refractivity contribution in [2.45, 2.75) is 6.92 Å². The summed E-state index contributed by atoms with van der Waals surface area (Å²) in [6.07, 6.45) is 9.58. The smallest absolute Gasteiger partial charge is 0.0360 e. The second-order valence-electron chi connectivity index (χ2n) is 2.65. The second kappa shape index (κ2) is 4.44. The molecule has 0 aliphatic carbocycles. The van der Waals surface area contributed by atoms with Gasteiger partial charge in [0.15, 0.2) is 0 Å². The number of hydrogen-bond acceptors (Lipinski definition) is 2. The van der Waals surface area contributed by atoms with Crippen LogP contribution in [0.3, 0.4) is 0 Å². The summed E-state index contributed by atoms with van der Waals surface area (Å²) < 4.78 is 0. The van der Waals surface area contributed by atoms with Crippen LogP contribution in [0.25, 0.3) is 0 Å². The SMILES string of the molecule is C=CN/C=C\C1=C(C)CNC=C1. The molecular weight excluding hydrogens is 148 g/mol. The molecule has 2 nitrogen and oxygen atoms in total. The van der Waals surface area contributed by atoms with E-state index in [1.54, 1.807) is 6.20 Å². The van der Waals surface area contributed by atoms with Gasteiger partial charge in [-0.2, -0.15) is 0 Å². The van der Waals surface area contributed by atoms with Crippen LogP contribution in [-0.2, 0) is 0 Å². The molecule has 12 heavy (non-hydrogen) atoms. The molecule has 0 unspecified atom stereocenters. The first-order chi connectivity index (χ1) is 5.84. The predicted octanol–water partition coefficient (Wildman–Crippen LogP) is 1.67. The molecule has 1 aliphatic heterocycles. The molecule has 1 rings (SSSR count). The second-order valence-corrected chi connectivity index (χ2v) is 2.65. The van der Waals surface area contributed by atoms with Gasteiger partial charge in [-0.3, -0.25) is 0 Å². The van der Waals surface area contributed by atoms with Crippen LogP contribution < -0.4 is 10.6 Å². The van der Waals surface area contributed by atoms with Crippen molar-refractivity contribution in [1.82, 2.24) is 10.6 Å². The van der Waals surface area contributed by atoms with Crippen LogP contribution in [0.4, 0.5) is 0 Å². The summed E-state index contributed by atoms with van der Waals surface area (Å²) in [6, 6.07) is 0. The summed E-state index contributed by atoms with van der Waals surface area (Å²) >= 11 is 0. The molecule has 2 heteroatoms. The Kier molecular flexibility index (Phi) is 3.20. The van der Waals surface area contributed by atoms with Gasteiger partial charge < -0.3 is 10.6 Å². The van der Waals surface area contributed by atoms with E-state index >= 15 is 0 Å². The van der Waals surface area contributed by atoms with Gasteiger partial charge in [0.05, 0.1) is 0 Å². The summed E-state index contributed by atoms with van der Waals surface area (Å²) in [5.41, 5.74) is 2.60. The molecule has 0 radical (unpaired) electrons. The lowest BCUT2D eigenvalue weighted by molar-refractivity contribution is 0.909. The fraction of sp³-hybridized carbons (Fsp3) is 0.200. The van der Waals surface area contributed by atoms with Crippen molar-refractivity contribution < 1.29 is 0 Å². The fourth-order valence-corrected chi connectivity index (χ4v) is 1.01. The first-order valence-corrected chi connectivity index (χ1v) is 3.98. The highest BCUT2D eigenvalue weighted by Gasteiger charge is 1.98. The van der Waals surface area contributed by atoms with Crippen molar-refractivity contribution in [3.63, 3.8) is 0 Å². The lowest BCUT2D eigenvalue weighted by atomic mass is 10.1. The first-order valence-electron chi connectivity index (χ1n) is 3.98. The van der Waals surface area contributed by atoms with E-state index in [2.05, 4.69) is 30.2 Å². The molecule has 2 N–H and O–H groups in total. The Hall–Kier alpha value is -1.44.